The summed E-state index contributed by atoms with van der Waals surface area (Å²) in [7, 11) is 0. The lowest BCUT2D eigenvalue weighted by molar-refractivity contribution is -0.137. The molecule has 0 saturated carbocycles. The minimum absolute atomic E-state index is 0.0187. The van der Waals surface area contributed by atoms with Crippen LogP contribution in [0.25, 0.3) is 110 Å². The summed E-state index contributed by atoms with van der Waals surface area (Å²) in [6.45, 7) is 0. The van der Waals surface area contributed by atoms with Crippen LogP contribution in [0, 0.1) is 11.3 Å². The van der Waals surface area contributed by atoms with E-state index in [0.717, 1.165) is 71.2 Å². The van der Waals surface area contributed by atoms with Gasteiger partial charge in [0.15, 0.2) is 0 Å². The van der Waals surface area contributed by atoms with Crippen molar-refractivity contribution in [3.8, 4) is 28.6 Å². The molecule has 0 N–H and O–H groups in total. The molecule has 0 aliphatic rings. The lowest BCUT2D eigenvalue weighted by Gasteiger charge is -2.23. The van der Waals surface area contributed by atoms with Gasteiger partial charge in [0.05, 0.1) is 61.4 Å². The summed E-state index contributed by atoms with van der Waals surface area (Å²) in [6.07, 6.45) is -4.71. The van der Waals surface area contributed by atoms with Crippen LogP contribution >= 0.6 is 0 Å². The molecular formula is C50H26F3N3O2. The fourth-order valence-electron chi connectivity index (χ4n) is 9.28. The van der Waals surface area contributed by atoms with Crippen molar-refractivity contribution in [3.63, 3.8) is 0 Å². The van der Waals surface area contributed by atoms with Crippen molar-refractivity contribution in [1.82, 2.24) is 9.13 Å². The first-order valence-corrected chi connectivity index (χ1v) is 18.8. The number of hydrogen-bond donors (Lipinski definition) is 0. The minimum atomic E-state index is -4.71. The second kappa shape index (κ2) is 11.6. The van der Waals surface area contributed by atoms with Crippen LogP contribution in [0.5, 0.6) is 0 Å². The van der Waals surface area contributed by atoms with Crippen molar-refractivity contribution in [3.05, 3.63) is 169 Å². The summed E-state index contributed by atoms with van der Waals surface area (Å²) in [4.78, 5) is 0. The molecule has 0 aliphatic heterocycles. The summed E-state index contributed by atoms with van der Waals surface area (Å²) in [5, 5.41) is 17.9. The molecule has 0 radical (unpaired) electrons. The van der Waals surface area contributed by atoms with Crippen LogP contribution in [0.4, 0.5) is 13.2 Å². The van der Waals surface area contributed by atoms with Gasteiger partial charge in [-0.1, -0.05) is 91.0 Å². The quantitative estimate of drug-likeness (QED) is 0.180. The van der Waals surface area contributed by atoms with Crippen LogP contribution in [-0.2, 0) is 6.18 Å². The Kier molecular flexibility index (Phi) is 6.52. The molecule has 0 bridgehead atoms. The molecule has 4 heterocycles. The van der Waals surface area contributed by atoms with Crippen molar-refractivity contribution < 1.29 is 22.0 Å². The Balaban J connectivity index is 1.36. The highest BCUT2D eigenvalue weighted by molar-refractivity contribution is 6.26. The van der Waals surface area contributed by atoms with Crippen LogP contribution in [0.2, 0.25) is 0 Å². The van der Waals surface area contributed by atoms with E-state index in [0.29, 0.717) is 39.3 Å². The number of furan rings is 2. The summed E-state index contributed by atoms with van der Waals surface area (Å²) in [5.74, 6) is 0. The Morgan fingerprint density at radius 2 is 0.914 bits per heavy atom. The Morgan fingerprint density at radius 1 is 0.466 bits per heavy atom. The average molecular weight is 758 g/mol. The Labute approximate surface area is 326 Å². The number of alkyl halides is 3. The number of nitrogens with zero attached hydrogens (tertiary/aromatic N) is 3. The number of aromatic nitrogens is 2. The summed E-state index contributed by atoms with van der Waals surface area (Å²) in [6, 6.07) is 50.8. The second-order valence-corrected chi connectivity index (χ2v) is 14.6. The number of fused-ring (bicyclic) bond motifs is 14. The molecule has 58 heavy (non-hydrogen) atoms. The van der Waals surface area contributed by atoms with Crippen molar-refractivity contribution in [2.75, 3.05) is 0 Å². The Hall–Kier alpha value is -7.76. The molecule has 0 amide bonds. The average Bonchev–Trinajstić information content (AvgIpc) is 4.00. The second-order valence-electron chi connectivity index (χ2n) is 14.6. The van der Waals surface area contributed by atoms with E-state index in [9.17, 15) is 5.26 Å². The summed E-state index contributed by atoms with van der Waals surface area (Å²) >= 11 is 0. The van der Waals surface area contributed by atoms with Crippen LogP contribution in [0.1, 0.15) is 11.1 Å². The standard InChI is InChI=1S/C50H26F3N3O2/c51-50(52,53)36-16-6-1-13-33(36)45-39(55-37-17-7-2-11-29(37)31-21-23-43-46(48(31)55)34-14-4-9-19-41(34)57-43)25-28(27-54)26-40(45)56-38-18-8-3-12-30(38)32-22-24-44-47(49(32)56)35-15-5-10-20-42(35)58-44/h1-26H. The molecule has 0 spiro atoms. The fourth-order valence-corrected chi connectivity index (χ4v) is 9.28. The van der Waals surface area contributed by atoms with Crippen molar-refractivity contribution >= 4 is 87.5 Å². The lowest BCUT2D eigenvalue weighted by atomic mass is 9.93. The van der Waals surface area contributed by atoms with Gasteiger partial charge in [0, 0.05) is 37.9 Å². The van der Waals surface area contributed by atoms with Gasteiger partial charge < -0.3 is 18.0 Å². The smallest absolute Gasteiger partial charge is 0.417 e. The number of rotatable bonds is 3. The first-order valence-electron chi connectivity index (χ1n) is 18.8. The lowest BCUT2D eigenvalue weighted by Crippen LogP contribution is -2.11. The molecule has 0 aliphatic carbocycles. The number of para-hydroxylation sites is 4. The molecule has 12 rings (SSSR count). The van der Waals surface area contributed by atoms with E-state index in [1.54, 1.807) is 18.2 Å². The molecule has 274 valence electrons. The van der Waals surface area contributed by atoms with Crippen molar-refractivity contribution in [2.24, 2.45) is 0 Å². The molecule has 0 saturated heterocycles. The first kappa shape index (κ1) is 32.5. The molecule has 0 atom stereocenters. The monoisotopic (exact) mass is 757 g/mol. The molecular weight excluding hydrogens is 732 g/mol. The highest BCUT2D eigenvalue weighted by Crippen LogP contribution is 2.49. The zero-order valence-corrected chi connectivity index (χ0v) is 30.3. The van der Waals surface area contributed by atoms with Crippen LogP contribution in [-0.4, -0.2) is 9.13 Å². The fraction of sp³-hybridized carbons (Fsp3) is 0.0200. The summed E-state index contributed by atoms with van der Waals surface area (Å²) in [5.41, 5.74) is 6.37. The third kappa shape index (κ3) is 4.35. The number of hydrogen-bond acceptors (Lipinski definition) is 3. The van der Waals surface area contributed by atoms with Gasteiger partial charge in [0.2, 0.25) is 0 Å². The molecule has 4 aromatic heterocycles. The van der Waals surface area contributed by atoms with Crippen molar-refractivity contribution in [2.45, 2.75) is 6.18 Å². The molecule has 12 aromatic rings. The summed E-state index contributed by atoms with van der Waals surface area (Å²) < 4.78 is 63.1. The van der Waals surface area contributed by atoms with Gasteiger partial charge in [-0.3, -0.25) is 0 Å². The third-order valence-corrected chi connectivity index (χ3v) is 11.6. The van der Waals surface area contributed by atoms with Crippen LogP contribution < -0.4 is 0 Å². The maximum absolute atomic E-state index is 15.4. The van der Waals surface area contributed by atoms with E-state index in [4.69, 9.17) is 8.83 Å². The van der Waals surface area contributed by atoms with Gasteiger partial charge in [-0.25, -0.2) is 0 Å². The Bertz CT molecular complexity index is 3550. The maximum atomic E-state index is 15.4. The van der Waals surface area contributed by atoms with Gasteiger partial charge in [0.25, 0.3) is 0 Å². The number of halogens is 3. The number of benzene rings is 8. The van der Waals surface area contributed by atoms with E-state index >= 15 is 13.2 Å². The molecule has 8 heteroatoms. The highest BCUT2D eigenvalue weighted by atomic mass is 19.4. The SMILES string of the molecule is N#Cc1cc(-n2c3ccccc3c3ccc4oc5ccccc5c4c32)c(-c2ccccc2C(F)(F)F)c(-n2c3ccccc3c3ccc4oc5ccccc5c4c32)c1. The van der Waals surface area contributed by atoms with Crippen LogP contribution in [0.3, 0.4) is 0 Å². The van der Waals surface area contributed by atoms with Crippen molar-refractivity contribution in [1.29, 1.82) is 5.26 Å². The third-order valence-electron chi connectivity index (χ3n) is 11.6. The maximum Gasteiger partial charge on any atom is 0.417 e. The topological polar surface area (TPSA) is 59.9 Å². The number of nitriles is 1. The molecule has 8 aromatic carbocycles. The van der Waals surface area contributed by atoms with Gasteiger partial charge >= 0.3 is 6.18 Å². The van der Waals surface area contributed by atoms with E-state index in [1.807, 2.05) is 130 Å². The highest BCUT2D eigenvalue weighted by Gasteiger charge is 2.36. The van der Waals surface area contributed by atoms with Crippen LogP contribution in [0.15, 0.2) is 167 Å². The predicted molar refractivity (Wildman–Crippen MR) is 225 cm³/mol. The zero-order valence-electron chi connectivity index (χ0n) is 30.3. The molecule has 0 fully saturated rings. The van der Waals surface area contributed by atoms with Gasteiger partial charge in [0.1, 0.15) is 22.3 Å². The zero-order chi connectivity index (χ0) is 38.9. The van der Waals surface area contributed by atoms with Gasteiger partial charge in [-0.2, -0.15) is 18.4 Å². The first-order chi connectivity index (χ1) is 28.4. The van der Waals surface area contributed by atoms with E-state index in [-0.39, 0.29) is 11.1 Å². The Morgan fingerprint density at radius 3 is 1.41 bits per heavy atom. The van der Waals surface area contributed by atoms with E-state index in [2.05, 4.69) is 6.07 Å². The van der Waals surface area contributed by atoms with Gasteiger partial charge in [-0.05, 0) is 72.3 Å². The predicted octanol–water partition coefficient (Wildman–Crippen LogP) is 14.2. The normalized spacial score (nSPS) is 12.4. The molecule has 0 unspecified atom stereocenters. The molecule has 5 nitrogen and oxygen atoms in total. The van der Waals surface area contributed by atoms with Gasteiger partial charge in [-0.15, -0.1) is 0 Å². The van der Waals surface area contributed by atoms with E-state index in [1.165, 1.54) is 12.1 Å². The van der Waals surface area contributed by atoms with E-state index < -0.39 is 11.7 Å². The largest absolute Gasteiger partial charge is 0.456 e. The minimum Gasteiger partial charge on any atom is -0.456 e.